The number of pyridine rings is 1. The second kappa shape index (κ2) is 44.3. The number of aromatic nitrogens is 23. The molecule has 48 heteroatoms. The second-order valence-corrected chi connectivity index (χ2v) is 43.6. The largest absolute Gasteiger partial charge is 0.497 e. The van der Waals surface area contributed by atoms with Crippen molar-refractivity contribution in [1.29, 1.82) is 0 Å². The minimum atomic E-state index is -3.21. The van der Waals surface area contributed by atoms with Gasteiger partial charge in [-0.3, -0.25) is 37.5 Å². The Hall–Kier alpha value is -14.6. The standard InChI is InChI=1S/C22H26N6O2S.2C22H25N5O3S.C21H23N7O4S.C15H11BrN6O2/c1-14-9-26(10-15(2)25-14)12-18-8-19-20-23-13-24-28(20)22(29)27(21(19)31-18)11-16-4-6-17(30-3)7-5-16;1-14-9-25(10-15(2)30-14)12-18-8-19-20-23-13-24-27(20)22(28)26(21(19)31-18)11-16-4-6-17(29-3)7-5-16;1-14-18(12-25-9-7-16(28)8-10-25)31-21-19(14)20-23-13-24-27(20)22(29)26(21)11-15-3-5-17(30-2)6-4-15;1-32-17-5-3-15(4-6-17)13-27-19-18(20-23-14-24-28(20)21(27)29)11-16(12-22-19)25-7-9-26(10-8-25)33(2,30)31;1-24-10-4-2-9(3-5-10)7-21-13-12(20-11(16)6-17-13)14-18-8-19-22(14)15(21)23/h4-8,13-15,25H,9-12H2,1-3H3;4-8,13-15H,9-12H2,1-3H3;3-6,13,16,28H,7-12H2,1-2H3;3-6,11-12,14H,7-10,13H2,1-2H3;2-6,8H,7H2,1H3/t2*14-,15+;;;. The van der Waals surface area contributed by atoms with Gasteiger partial charge in [0.1, 0.15) is 85.1 Å². The van der Waals surface area contributed by atoms with Crippen LogP contribution in [0.2, 0.25) is 0 Å². The number of aliphatic hydroxyl groups excluding tert-OH is 1. The number of piperazine rings is 2. The van der Waals surface area contributed by atoms with Crippen molar-refractivity contribution in [3.8, 4) is 28.7 Å². The predicted molar refractivity (Wildman–Crippen MR) is 575 cm³/mol. The van der Waals surface area contributed by atoms with Crippen LogP contribution in [0.3, 0.4) is 0 Å². The molecule has 0 saturated carbocycles. The highest BCUT2D eigenvalue weighted by molar-refractivity contribution is 9.10. The number of halogens is 1. The number of sulfonamides is 1. The lowest BCUT2D eigenvalue weighted by atomic mass is 10.1. The van der Waals surface area contributed by atoms with Crippen LogP contribution in [0.4, 0.5) is 5.69 Å². The number of aryl methyl sites for hydroxylation is 1. The molecule has 4 aliphatic heterocycles. The van der Waals surface area contributed by atoms with Crippen molar-refractivity contribution in [3.05, 3.63) is 289 Å². The zero-order chi connectivity index (χ0) is 104. The van der Waals surface area contributed by atoms with Gasteiger partial charge in [-0.1, -0.05) is 60.7 Å². The molecule has 0 spiro atoms. The molecule has 15 aromatic heterocycles. The van der Waals surface area contributed by atoms with Gasteiger partial charge in [0.05, 0.1) is 132 Å². The molecule has 4 atom stereocenters. The van der Waals surface area contributed by atoms with Crippen molar-refractivity contribution in [2.24, 2.45) is 0 Å². The van der Waals surface area contributed by atoms with Gasteiger partial charge in [-0.25, -0.2) is 72.3 Å². The molecule has 778 valence electrons. The molecule has 4 aliphatic rings. The lowest BCUT2D eigenvalue weighted by Gasteiger charge is -2.35. The number of nitrogens with zero attached hydrogens (tertiary/aromatic N) is 28. The summed E-state index contributed by atoms with van der Waals surface area (Å²) in [6, 6.07) is 45.5. The third-order valence-electron chi connectivity index (χ3n) is 26.9. The smallest absolute Gasteiger partial charge is 0.352 e. The molecular weight excluding hydrogens is 2060 g/mol. The van der Waals surface area contributed by atoms with Crippen molar-refractivity contribution in [2.45, 2.75) is 130 Å². The number of thiophene rings is 3. The van der Waals surface area contributed by atoms with Crippen LogP contribution in [-0.2, 0) is 67.1 Å². The Morgan fingerprint density at radius 2 is 0.773 bits per heavy atom. The maximum Gasteiger partial charge on any atom is 0.352 e. The van der Waals surface area contributed by atoms with E-state index < -0.39 is 10.0 Å². The van der Waals surface area contributed by atoms with E-state index in [0.29, 0.717) is 126 Å². The SMILES string of the molecule is COc1ccc(Cn2c(=O)n3ncnc3c3c(C)c(CN4CCC(O)CC4)sc32)cc1.COc1ccc(Cn2c(=O)n3ncnc3c3cc(CN4C[C@@H](C)N[C@@H](C)C4)sc32)cc1.COc1ccc(Cn2c(=O)n3ncnc3c3cc(CN4C[C@@H](C)O[C@@H](C)C4)sc32)cc1.COc1ccc(Cn2c(=O)n3ncnc3c3cc(N4CCN(S(C)(=O)=O)CC4)cnc32)cc1.COc1ccc(Cn2c(=O)n3ncnc3c3nc(Br)cnc32)cc1. The van der Waals surface area contributed by atoms with Crippen molar-refractivity contribution < 1.29 is 41.9 Å². The number of hydrogen-bond donors (Lipinski definition) is 2. The monoisotopic (exact) mass is 2170 g/mol. The average Bonchev–Trinajstić information content (AvgIpc) is 1.55. The van der Waals surface area contributed by atoms with E-state index in [1.807, 2.05) is 127 Å². The Bertz CT molecular complexity index is 8550. The topological polar surface area (TPSA) is 438 Å². The van der Waals surface area contributed by atoms with Gasteiger partial charge in [0.25, 0.3) is 0 Å². The summed E-state index contributed by atoms with van der Waals surface area (Å²) in [6.07, 6.45) is 13.4. The van der Waals surface area contributed by atoms with E-state index >= 15 is 0 Å². The summed E-state index contributed by atoms with van der Waals surface area (Å²) in [5, 5.41) is 37.7. The lowest BCUT2D eigenvalue weighted by Crippen LogP contribution is -2.53. The van der Waals surface area contributed by atoms with Crippen molar-refractivity contribution >= 4 is 147 Å². The molecule has 0 unspecified atom stereocenters. The van der Waals surface area contributed by atoms with Gasteiger partial charge in [0, 0.05) is 112 Å². The summed E-state index contributed by atoms with van der Waals surface area (Å²) >= 11 is 8.29. The molecule has 5 aromatic carbocycles. The number of hydrogen-bond acceptors (Lipinski definition) is 35. The molecule has 20 aromatic rings. The highest BCUT2D eigenvalue weighted by Crippen LogP contribution is 2.37. The quantitative estimate of drug-likeness (QED) is 0.0601. The zero-order valence-electron chi connectivity index (χ0n) is 84.1. The summed E-state index contributed by atoms with van der Waals surface area (Å²) in [4.78, 5) is 116. The minimum Gasteiger partial charge on any atom is -0.497 e. The molecule has 19 heterocycles. The van der Waals surface area contributed by atoms with Gasteiger partial charge in [-0.2, -0.15) is 52.4 Å². The summed E-state index contributed by atoms with van der Waals surface area (Å²) in [6.45, 7) is 22.8. The number of likely N-dealkylation sites (tertiary alicyclic amines) is 1. The molecule has 0 aliphatic carbocycles. The molecule has 150 heavy (non-hydrogen) atoms. The molecular formula is C102H110BrN29O14S4. The normalized spacial score (nSPS) is 16.7. The first-order chi connectivity index (χ1) is 72.6. The number of aliphatic hydroxyl groups is 1. The minimum absolute atomic E-state index is 0.173. The van der Waals surface area contributed by atoms with Crippen molar-refractivity contribution in [2.75, 3.05) is 112 Å². The van der Waals surface area contributed by atoms with Crippen LogP contribution in [0.5, 0.6) is 28.7 Å². The van der Waals surface area contributed by atoms with E-state index in [0.717, 1.165) is 170 Å². The van der Waals surface area contributed by atoms with Crippen LogP contribution in [0.15, 0.2) is 212 Å². The zero-order valence-corrected chi connectivity index (χ0v) is 89.0. The number of nitrogens with one attached hydrogen (secondary N) is 1. The number of benzene rings is 5. The van der Waals surface area contributed by atoms with Crippen molar-refractivity contribution in [3.63, 3.8) is 0 Å². The van der Waals surface area contributed by atoms with Gasteiger partial charge in [0.2, 0.25) is 10.0 Å². The number of methoxy groups -OCH3 is 5. The molecule has 0 bridgehead atoms. The van der Waals surface area contributed by atoms with Crippen molar-refractivity contribution in [1.82, 2.24) is 135 Å². The number of ether oxygens (including phenoxy) is 6. The molecule has 0 amide bonds. The predicted octanol–water partition coefficient (Wildman–Crippen LogP) is 9.78. The maximum absolute atomic E-state index is 13.2. The number of anilines is 1. The highest BCUT2D eigenvalue weighted by atomic mass is 79.9. The van der Waals surface area contributed by atoms with Gasteiger partial charge in [-0.15, -0.1) is 34.0 Å². The first kappa shape index (κ1) is 103. The van der Waals surface area contributed by atoms with Gasteiger partial charge in [0.15, 0.2) is 39.4 Å². The van der Waals surface area contributed by atoms with E-state index in [9.17, 15) is 37.5 Å². The summed E-state index contributed by atoms with van der Waals surface area (Å²) in [7, 11) is 4.94. The van der Waals surface area contributed by atoms with Crippen LogP contribution >= 0.6 is 49.9 Å². The number of piperidine rings is 1. The summed E-state index contributed by atoms with van der Waals surface area (Å²) in [5.74, 6) is 3.87. The van der Waals surface area contributed by atoms with Crippen LogP contribution < -0.4 is 62.3 Å². The summed E-state index contributed by atoms with van der Waals surface area (Å²) in [5.41, 5.74) is 9.86. The molecule has 4 fully saturated rings. The van der Waals surface area contributed by atoms with Gasteiger partial charge >= 0.3 is 28.4 Å². The fourth-order valence-electron chi connectivity index (χ4n) is 19.7. The first-order valence-corrected chi connectivity index (χ1v) is 53.8. The molecule has 43 nitrogen and oxygen atoms in total. The Labute approximate surface area is 877 Å². The number of morpholine rings is 1. The summed E-state index contributed by atoms with van der Waals surface area (Å²) < 4.78 is 72.8. The van der Waals surface area contributed by atoms with E-state index in [4.69, 9.17) is 28.4 Å². The van der Waals surface area contributed by atoms with E-state index in [2.05, 4.69) is 153 Å². The van der Waals surface area contributed by atoms with Crippen LogP contribution in [-0.4, -0.2) is 281 Å². The second-order valence-electron chi connectivity index (χ2n) is 37.5. The van der Waals surface area contributed by atoms with Crippen LogP contribution in [0.25, 0.3) is 81.1 Å². The van der Waals surface area contributed by atoms with E-state index in [1.165, 1.54) is 84.0 Å². The lowest BCUT2D eigenvalue weighted by molar-refractivity contribution is -0.0702. The third-order valence-corrected chi connectivity index (χ3v) is 32.2. The van der Waals surface area contributed by atoms with Crippen LogP contribution in [0.1, 0.15) is 88.5 Å². The van der Waals surface area contributed by atoms with E-state index in [-0.39, 0.29) is 46.8 Å². The Balaban J connectivity index is 0.000000114. The Kier molecular flexibility index (Phi) is 30.3. The third kappa shape index (κ3) is 21.8. The number of fused-ring (bicyclic) bond motifs is 15. The Morgan fingerprint density at radius 1 is 0.407 bits per heavy atom. The highest BCUT2D eigenvalue weighted by Gasteiger charge is 2.31. The maximum atomic E-state index is 13.2. The fourth-order valence-corrected chi connectivity index (χ4v) is 24.5. The molecule has 4 saturated heterocycles. The van der Waals surface area contributed by atoms with Crippen LogP contribution in [0, 0.1) is 6.92 Å². The first-order valence-electron chi connectivity index (χ1n) is 48.7. The Morgan fingerprint density at radius 3 is 1.20 bits per heavy atom. The van der Waals surface area contributed by atoms with Gasteiger partial charge < -0.3 is 43.7 Å². The molecule has 0 radical (unpaired) electrons. The molecule has 2 N–H and O–H groups in total. The number of rotatable bonds is 23. The fraction of sp³-hybridized carbons (Fsp3) is 0.353. The van der Waals surface area contributed by atoms with Gasteiger partial charge in [-0.05, 0) is 176 Å². The van der Waals surface area contributed by atoms with E-state index in [1.54, 1.807) is 100 Å². The molecule has 24 rings (SSSR count). The average molecular weight is 2170 g/mol.